The molecule has 8 heteroatoms. The smallest absolute Gasteiger partial charge is 0.238 e. The molecule has 0 amide bonds. The predicted molar refractivity (Wildman–Crippen MR) is 124 cm³/mol. The van der Waals surface area contributed by atoms with Crippen LogP contribution in [0, 0.1) is 6.92 Å². The Hall–Kier alpha value is -3.81. The zero-order valence-corrected chi connectivity index (χ0v) is 18.6. The molecule has 5 rings (SSSR count). The Morgan fingerprint density at radius 2 is 2.03 bits per heavy atom. The molecule has 33 heavy (non-hydrogen) atoms. The van der Waals surface area contributed by atoms with Gasteiger partial charge in [0.15, 0.2) is 5.82 Å². The fourth-order valence-electron chi connectivity index (χ4n) is 4.33. The zero-order chi connectivity index (χ0) is 22.8. The van der Waals surface area contributed by atoms with Crippen LogP contribution in [-0.2, 0) is 13.2 Å². The first-order chi connectivity index (χ1) is 16.2. The summed E-state index contributed by atoms with van der Waals surface area (Å²) in [6.45, 7) is 2.27. The largest absolute Gasteiger partial charge is 0.479 e. The first kappa shape index (κ1) is 21.1. The Morgan fingerprint density at radius 3 is 2.82 bits per heavy atom. The molecular formula is C25H25FN6O. The van der Waals surface area contributed by atoms with Gasteiger partial charge in [0.2, 0.25) is 5.88 Å². The minimum absolute atomic E-state index is 0.0523. The highest BCUT2D eigenvalue weighted by molar-refractivity contribution is 5.65. The summed E-state index contributed by atoms with van der Waals surface area (Å²) in [5.41, 5.74) is 4.20. The van der Waals surface area contributed by atoms with Gasteiger partial charge in [-0.05, 0) is 55.2 Å². The highest BCUT2D eigenvalue weighted by Crippen LogP contribution is 2.34. The number of nitrogens with zero attached hydrogens (tertiary/aromatic N) is 6. The Bertz CT molecular complexity index is 1310. The van der Waals surface area contributed by atoms with E-state index in [2.05, 4.69) is 15.1 Å². The van der Waals surface area contributed by atoms with Crippen LogP contribution in [0.15, 0.2) is 48.9 Å². The average molecular weight is 445 g/mol. The van der Waals surface area contributed by atoms with Gasteiger partial charge in [-0.15, -0.1) is 0 Å². The van der Waals surface area contributed by atoms with Crippen LogP contribution in [0.1, 0.15) is 52.9 Å². The van der Waals surface area contributed by atoms with E-state index in [0.717, 1.165) is 53.4 Å². The quantitative estimate of drug-likeness (QED) is 0.430. The molecule has 0 saturated carbocycles. The second-order valence-corrected chi connectivity index (χ2v) is 8.10. The number of rotatable bonds is 6. The van der Waals surface area contributed by atoms with Gasteiger partial charge in [-0.2, -0.15) is 5.10 Å². The Balaban J connectivity index is 1.42. The lowest BCUT2D eigenvalue weighted by Gasteiger charge is -2.23. The number of aromatic nitrogens is 6. The van der Waals surface area contributed by atoms with E-state index in [0.29, 0.717) is 11.7 Å². The van der Waals surface area contributed by atoms with Crippen molar-refractivity contribution in [1.29, 1.82) is 0 Å². The van der Waals surface area contributed by atoms with Crippen LogP contribution in [0.25, 0.3) is 17.8 Å². The number of ether oxygens (including phenoxy) is 1. The molecule has 0 bridgehead atoms. The van der Waals surface area contributed by atoms with E-state index < -0.39 is 6.67 Å². The maximum Gasteiger partial charge on any atom is 0.238 e. The second-order valence-electron chi connectivity index (χ2n) is 8.10. The van der Waals surface area contributed by atoms with Gasteiger partial charge in [0.1, 0.15) is 18.2 Å². The highest BCUT2D eigenvalue weighted by Gasteiger charge is 2.27. The van der Waals surface area contributed by atoms with Crippen molar-refractivity contribution < 1.29 is 9.13 Å². The molecular weight excluding hydrogens is 419 g/mol. The number of benzene rings is 1. The molecule has 3 aromatic heterocycles. The molecule has 0 aliphatic carbocycles. The number of hydrogen-bond acceptors (Lipinski definition) is 5. The SMILES string of the molecule is COc1nc(C=Cc2nc3n(n2)CCCC3c2ccccc2CF)ccc1-n1cnc(C)c1. The Kier molecular flexibility index (Phi) is 5.73. The third-order valence-corrected chi connectivity index (χ3v) is 5.91. The number of imidazole rings is 1. The predicted octanol–water partition coefficient (Wildman–Crippen LogP) is 4.74. The van der Waals surface area contributed by atoms with Crippen molar-refractivity contribution >= 4 is 12.2 Å². The number of pyridine rings is 1. The van der Waals surface area contributed by atoms with E-state index in [-0.39, 0.29) is 5.92 Å². The molecule has 1 atom stereocenters. The van der Waals surface area contributed by atoms with Gasteiger partial charge in [0, 0.05) is 18.7 Å². The number of methoxy groups -OCH3 is 1. The fourth-order valence-corrected chi connectivity index (χ4v) is 4.33. The summed E-state index contributed by atoms with van der Waals surface area (Å²) in [5.74, 6) is 2.06. The van der Waals surface area contributed by atoms with Crippen molar-refractivity contribution in [2.45, 2.75) is 38.9 Å². The number of halogens is 1. The molecule has 0 N–H and O–H groups in total. The summed E-state index contributed by atoms with van der Waals surface area (Å²) in [6.07, 6.45) is 9.31. The topological polar surface area (TPSA) is 70.7 Å². The van der Waals surface area contributed by atoms with E-state index in [1.165, 1.54) is 0 Å². The molecule has 1 aromatic carbocycles. The Labute approximate surface area is 191 Å². The van der Waals surface area contributed by atoms with Crippen molar-refractivity contribution in [2.24, 2.45) is 0 Å². The molecule has 4 aromatic rings. The summed E-state index contributed by atoms with van der Waals surface area (Å²) in [4.78, 5) is 13.6. The van der Waals surface area contributed by atoms with Crippen molar-refractivity contribution in [3.05, 3.63) is 83.1 Å². The van der Waals surface area contributed by atoms with Crippen molar-refractivity contribution in [1.82, 2.24) is 29.3 Å². The zero-order valence-electron chi connectivity index (χ0n) is 18.6. The molecule has 0 spiro atoms. The maximum atomic E-state index is 13.6. The molecule has 0 fully saturated rings. The van der Waals surface area contributed by atoms with Gasteiger partial charge in [-0.25, -0.2) is 24.0 Å². The summed E-state index contributed by atoms with van der Waals surface area (Å²) in [6, 6.07) is 11.5. The molecule has 1 aliphatic rings. The van der Waals surface area contributed by atoms with Gasteiger partial charge in [0.05, 0.1) is 24.8 Å². The van der Waals surface area contributed by atoms with Crippen LogP contribution in [0.2, 0.25) is 0 Å². The lowest BCUT2D eigenvalue weighted by Crippen LogP contribution is -2.18. The van der Waals surface area contributed by atoms with Gasteiger partial charge >= 0.3 is 0 Å². The van der Waals surface area contributed by atoms with E-state index in [9.17, 15) is 4.39 Å². The van der Waals surface area contributed by atoms with E-state index in [1.54, 1.807) is 13.4 Å². The van der Waals surface area contributed by atoms with Crippen LogP contribution in [-0.4, -0.2) is 36.4 Å². The lowest BCUT2D eigenvalue weighted by molar-refractivity contribution is 0.395. The van der Waals surface area contributed by atoms with Crippen molar-refractivity contribution in [3.63, 3.8) is 0 Å². The highest BCUT2D eigenvalue weighted by atomic mass is 19.1. The van der Waals surface area contributed by atoms with Crippen LogP contribution < -0.4 is 4.74 Å². The maximum absolute atomic E-state index is 13.6. The lowest BCUT2D eigenvalue weighted by atomic mass is 9.88. The molecule has 1 aliphatic heterocycles. The molecule has 1 unspecified atom stereocenters. The Morgan fingerprint density at radius 1 is 1.15 bits per heavy atom. The summed E-state index contributed by atoms with van der Waals surface area (Å²) >= 11 is 0. The molecule has 0 radical (unpaired) electrons. The second kappa shape index (κ2) is 8.97. The summed E-state index contributed by atoms with van der Waals surface area (Å²) in [5, 5.41) is 4.66. The third-order valence-electron chi connectivity index (χ3n) is 5.91. The summed E-state index contributed by atoms with van der Waals surface area (Å²) < 4.78 is 22.9. The molecule has 4 heterocycles. The molecule has 0 saturated heterocycles. The third kappa shape index (κ3) is 4.16. The van der Waals surface area contributed by atoms with Crippen LogP contribution in [0.4, 0.5) is 4.39 Å². The van der Waals surface area contributed by atoms with Crippen molar-refractivity contribution in [3.8, 4) is 11.6 Å². The standard InChI is InChI=1S/C25H25FN6O/c1-17-15-31(16-27-17)22-11-9-19(28-25(22)33-2)10-12-23-29-24-21(8-5-13-32(24)30-23)20-7-4-3-6-18(20)14-26/h3-4,6-7,9-12,15-16,21H,5,8,13-14H2,1-2H3. The van der Waals surface area contributed by atoms with Gasteiger partial charge in [-0.1, -0.05) is 24.3 Å². The van der Waals surface area contributed by atoms with Crippen LogP contribution in [0.5, 0.6) is 5.88 Å². The van der Waals surface area contributed by atoms with E-state index in [1.807, 2.05) is 70.9 Å². The summed E-state index contributed by atoms with van der Waals surface area (Å²) in [7, 11) is 1.60. The normalized spacial score (nSPS) is 15.7. The van der Waals surface area contributed by atoms with Gasteiger partial charge < -0.3 is 9.30 Å². The van der Waals surface area contributed by atoms with E-state index in [4.69, 9.17) is 9.72 Å². The van der Waals surface area contributed by atoms with Crippen LogP contribution in [0.3, 0.4) is 0 Å². The molecule has 168 valence electrons. The fraction of sp³-hybridized carbons (Fsp3) is 0.280. The van der Waals surface area contributed by atoms with Gasteiger partial charge in [0.25, 0.3) is 0 Å². The average Bonchev–Trinajstić information content (AvgIpc) is 3.48. The number of hydrogen-bond donors (Lipinski definition) is 0. The first-order valence-electron chi connectivity index (χ1n) is 11.0. The minimum atomic E-state index is -0.476. The van der Waals surface area contributed by atoms with Crippen molar-refractivity contribution in [2.75, 3.05) is 7.11 Å². The number of aryl methyl sites for hydroxylation is 2. The first-order valence-corrected chi connectivity index (χ1v) is 11.0. The molecule has 7 nitrogen and oxygen atoms in total. The van der Waals surface area contributed by atoms with Gasteiger partial charge in [-0.3, -0.25) is 0 Å². The monoisotopic (exact) mass is 444 g/mol. The van der Waals surface area contributed by atoms with Crippen LogP contribution >= 0.6 is 0 Å². The van der Waals surface area contributed by atoms with E-state index >= 15 is 0 Å². The number of alkyl halides is 1. The minimum Gasteiger partial charge on any atom is -0.479 e. The number of fused-ring (bicyclic) bond motifs is 1.